The lowest BCUT2D eigenvalue weighted by atomic mass is 9.78. The number of phosphoric acid groups is 1. The highest BCUT2D eigenvalue weighted by atomic mass is 31.2. The Morgan fingerprint density at radius 1 is 0.367 bits per heavy atom. The molecule has 5 saturated heterocycles. The van der Waals surface area contributed by atoms with Gasteiger partial charge in [0.1, 0.15) is 48.8 Å². The number of hydrogen-bond donors (Lipinski definition) is 2. The Kier molecular flexibility index (Phi) is 45.2. The van der Waals surface area contributed by atoms with Crippen LogP contribution in [0.2, 0.25) is 0 Å². The molecule has 764 valence electrons. The van der Waals surface area contributed by atoms with Gasteiger partial charge in [-0.25, -0.2) is 0 Å². The third-order valence-corrected chi connectivity index (χ3v) is 30.3. The Bertz CT molecular complexity index is 4680. The van der Waals surface area contributed by atoms with Crippen molar-refractivity contribution in [3.05, 3.63) is 262 Å². The molecular weight excluding hydrogens is 1790 g/mol. The molecule has 7 aromatic rings. The first kappa shape index (κ1) is 110. The van der Waals surface area contributed by atoms with E-state index in [2.05, 4.69) is 104 Å². The fourth-order valence-electron chi connectivity index (χ4n) is 20.2. The van der Waals surface area contributed by atoms with Crippen molar-refractivity contribution < 1.29 is 109 Å². The minimum absolute atomic E-state index is 0.00770. The van der Waals surface area contributed by atoms with Crippen LogP contribution in [0, 0.1) is 53.3 Å². The minimum atomic E-state index is -5.27. The quantitative estimate of drug-likeness (QED) is 0.0118. The molecule has 32 atom stereocenters. The summed E-state index contributed by atoms with van der Waals surface area (Å²) >= 11 is 0. The molecule has 14 unspecified atom stereocenters. The van der Waals surface area contributed by atoms with Crippen LogP contribution in [0.3, 0.4) is 0 Å². The Labute approximate surface area is 826 Å². The Hall–Kier alpha value is -7.29. The zero-order valence-corrected chi connectivity index (χ0v) is 85.6. The summed E-state index contributed by atoms with van der Waals surface area (Å²) < 4.78 is 150. The average Bonchev–Trinajstić information content (AvgIpc) is 0.748. The van der Waals surface area contributed by atoms with Crippen molar-refractivity contribution in [2.45, 2.75) is 337 Å². The molecule has 0 bridgehead atoms. The van der Waals surface area contributed by atoms with E-state index in [0.29, 0.717) is 26.1 Å². The van der Waals surface area contributed by atoms with E-state index in [-0.39, 0.29) is 101 Å². The second-order valence-electron chi connectivity index (χ2n) is 38.8. The summed E-state index contributed by atoms with van der Waals surface area (Å²) in [6.45, 7) is 38.1. The van der Waals surface area contributed by atoms with Crippen molar-refractivity contribution in [2.75, 3.05) is 46.1 Å². The maximum absolute atomic E-state index is 14.9. The number of nitrogens with one attached hydrogen (secondary N) is 2. The lowest BCUT2D eigenvalue weighted by Gasteiger charge is -2.53. The first-order chi connectivity index (χ1) is 67.4. The van der Waals surface area contributed by atoms with Gasteiger partial charge in [-0.3, -0.25) is 9.36 Å². The Morgan fingerprint density at radius 2 is 0.734 bits per heavy atom. The van der Waals surface area contributed by atoms with Gasteiger partial charge in [0, 0.05) is 29.6 Å². The molecule has 0 spiro atoms. The van der Waals surface area contributed by atoms with E-state index < -0.39 is 160 Å². The molecule has 1 aliphatic carbocycles. The summed E-state index contributed by atoms with van der Waals surface area (Å²) in [7, 11) is -5.27. The number of carbonyl (C=O) groups is 1. The van der Waals surface area contributed by atoms with Crippen LogP contribution >= 0.6 is 7.82 Å². The number of amides is 1. The maximum Gasteiger partial charge on any atom is 0.268 e. The molecule has 1 saturated carbocycles. The molecule has 6 fully saturated rings. The van der Waals surface area contributed by atoms with E-state index in [0.717, 1.165) is 71.0 Å². The van der Waals surface area contributed by atoms with Gasteiger partial charge in [-0.05, 0) is 120 Å². The predicted molar refractivity (Wildman–Crippen MR) is 529 cm³/mol. The first-order valence-corrected chi connectivity index (χ1v) is 52.7. The molecule has 0 aromatic heterocycles. The largest absolute Gasteiger partial charge is 0.756 e. The highest BCUT2D eigenvalue weighted by Crippen LogP contribution is 2.50. The number of carbonyl (C=O) groups excluding carboxylic acids is 1. The molecule has 27 nitrogen and oxygen atoms in total. The molecular formula is C111H158N5O22P. The van der Waals surface area contributed by atoms with Gasteiger partial charge in [0.05, 0.1) is 147 Å². The fourth-order valence-corrected chi connectivity index (χ4v) is 21.2. The average molecular weight is 1950 g/mol. The molecule has 7 aromatic carbocycles. The number of nitrogens with zero attached hydrogens (tertiary/aromatic N) is 3. The summed E-state index contributed by atoms with van der Waals surface area (Å²) in [5.41, 5.74) is 17.4. The smallest absolute Gasteiger partial charge is 0.268 e. The molecule has 6 aliphatic rings. The highest BCUT2D eigenvalue weighted by molar-refractivity contribution is 7.45. The van der Waals surface area contributed by atoms with Gasteiger partial charge in [-0.1, -0.05) is 326 Å². The van der Waals surface area contributed by atoms with Gasteiger partial charge < -0.3 is 105 Å². The number of azide groups is 1. The van der Waals surface area contributed by atoms with Crippen LogP contribution < -0.4 is 15.1 Å². The van der Waals surface area contributed by atoms with E-state index in [4.69, 9.17) is 89.6 Å². The number of ether oxygens (including phenoxy) is 17. The van der Waals surface area contributed by atoms with E-state index in [1.54, 1.807) is 4.90 Å². The van der Waals surface area contributed by atoms with E-state index in [1.165, 1.54) is 26.6 Å². The van der Waals surface area contributed by atoms with Crippen molar-refractivity contribution >= 4 is 13.7 Å². The van der Waals surface area contributed by atoms with Gasteiger partial charge in [-0.2, -0.15) is 0 Å². The van der Waals surface area contributed by atoms with Crippen LogP contribution in [0.1, 0.15) is 195 Å². The van der Waals surface area contributed by atoms with Gasteiger partial charge in [0.25, 0.3) is 7.82 Å². The number of rotatable bonds is 50. The molecule has 5 heterocycles. The van der Waals surface area contributed by atoms with Crippen molar-refractivity contribution in [2.24, 2.45) is 58.4 Å². The Morgan fingerprint density at radius 3 is 1.19 bits per heavy atom. The second kappa shape index (κ2) is 56.8. The van der Waals surface area contributed by atoms with Gasteiger partial charge in [0.15, 0.2) is 31.5 Å². The monoisotopic (exact) mass is 1940 g/mol. The van der Waals surface area contributed by atoms with E-state index >= 15 is 0 Å². The lowest BCUT2D eigenvalue weighted by Crippen LogP contribution is -3.11. The molecule has 0 radical (unpaired) electrons. The summed E-state index contributed by atoms with van der Waals surface area (Å²) in [5.74, 6) is -3.24. The summed E-state index contributed by atoms with van der Waals surface area (Å²) in [5, 5.41) is 7.81. The molecule has 139 heavy (non-hydrogen) atoms. The van der Waals surface area contributed by atoms with Crippen LogP contribution in [0.25, 0.3) is 10.4 Å². The zero-order chi connectivity index (χ0) is 98.7. The van der Waals surface area contributed by atoms with Gasteiger partial charge >= 0.3 is 0 Å². The lowest BCUT2D eigenvalue weighted by molar-refractivity contribution is -0.894. The topological polar surface area (TPSA) is 298 Å². The van der Waals surface area contributed by atoms with Crippen molar-refractivity contribution in [1.29, 1.82) is 0 Å². The SMILES string of the molecule is CCCCCCCOP(=O)([O-])O[C@@H]1C(OCc2ccccc2)[C@H](OCc2ccccc2)C(OCc2ccccc2)C(C)[C@H]1O[C@H]1OC(COCc2ccccc2)[C@@H](O[C@H]2OC(CO[C@H]3OC(CC)[C@@H](C)[C@H](C)C3O[C@H]3OC(CC)[C@@H](C)[C@H](C)C3OCc3ccccc3)[C@@H](O[C@@H]3OC(COCc4ccccc4)[C@H](OCc4ccccc4)[C@H](C)C3NC(C)=O)[C@H](C)C2C)[C@H](C)C1N=[N+]=[N-].CC[NH+](CC)CC. The Balaban J connectivity index is 0.00000238. The summed E-state index contributed by atoms with van der Waals surface area (Å²) in [4.78, 5) is 34.0. The van der Waals surface area contributed by atoms with Crippen LogP contribution in [-0.4, -0.2) is 187 Å². The number of benzene rings is 7. The third-order valence-electron chi connectivity index (χ3n) is 29.3. The first-order valence-electron chi connectivity index (χ1n) is 51.3. The van der Waals surface area contributed by atoms with Crippen LogP contribution in [0.15, 0.2) is 217 Å². The van der Waals surface area contributed by atoms with Crippen LogP contribution in [0.4, 0.5) is 0 Å². The zero-order valence-electron chi connectivity index (χ0n) is 84.7. The van der Waals surface area contributed by atoms with Crippen LogP contribution in [-0.2, 0) is 145 Å². The van der Waals surface area contributed by atoms with E-state index in [9.17, 15) is 19.8 Å². The fraction of sp³-hybridized carbons (Fsp3) is 0.613. The van der Waals surface area contributed by atoms with Crippen LogP contribution in [0.5, 0.6) is 0 Å². The molecule has 1 amide bonds. The number of hydrogen-bond acceptors (Lipinski definition) is 23. The molecule has 28 heteroatoms. The van der Waals surface area contributed by atoms with Crippen molar-refractivity contribution in [3.8, 4) is 0 Å². The molecule has 13 rings (SSSR count). The molecule has 2 N–H and O–H groups in total. The normalized spacial score (nSPS) is 32.5. The van der Waals surface area contributed by atoms with Crippen molar-refractivity contribution in [3.63, 3.8) is 0 Å². The predicted octanol–water partition coefficient (Wildman–Crippen LogP) is 19.0. The minimum Gasteiger partial charge on any atom is -0.756 e. The second-order valence-corrected chi connectivity index (χ2v) is 40.2. The van der Waals surface area contributed by atoms with Crippen molar-refractivity contribution in [1.82, 2.24) is 5.32 Å². The highest BCUT2D eigenvalue weighted by Gasteiger charge is 2.59. The van der Waals surface area contributed by atoms with E-state index in [1.807, 2.05) is 228 Å². The maximum atomic E-state index is 14.9. The summed E-state index contributed by atoms with van der Waals surface area (Å²) in [6.07, 6.45) is -12.7. The van der Waals surface area contributed by atoms with Gasteiger partial charge in [-0.15, -0.1) is 0 Å². The number of unbranched alkanes of at least 4 members (excludes halogenated alkanes) is 4. The third kappa shape index (κ3) is 31.6. The number of phosphoric ester groups is 1. The number of quaternary nitrogens is 1. The van der Waals surface area contributed by atoms with Gasteiger partial charge in [0.2, 0.25) is 5.91 Å². The standard InChI is InChI=1S/C105H143N4O22P.C6H15N/c1-14-17-18-19-41-56-121-132(111,112)131-100-95(75(12)94(116-60-80-48-33-23-34-49-80)98(118-62-82-52-37-25-38-53-82)99(100)119-63-83-54-39-26-40-55-83)129-103-90(108-109-106)74(11)93(87(126-103)65-114-58-78-44-29-21-30-45-78)127-101-72(9)71(8)92(128-102-89(107-76(13)110)73(10)91(115-59-79-46-31-22-32-47-79)86(125-102)64-113-57-77-42-27-20-28-43-77)88(124-101)66-120-104-97(70(7)68(5)84(15-2)122-104)130-105-96(69(6)67(4)85(16-3)123-105)117-61-81-50-35-24-36-51-81;1-4-7(5-2)6-3/h20-40,42-55,67-75,84-105H,14-19,41,56-66H2,1-13H3,(H,107,110)(H,111,112);4-6H2,1-3H3/t67-,68-,69-,70-,71+,72?,73+,74+,75?,84?,85?,86?,87?,88?,89?,90?,91+,92-,93-,94?,95+,96?,97?,98+,99?,100-,101+,102-,103+,104-,105+;/m0./s1. The summed E-state index contributed by atoms with van der Waals surface area (Å²) in [6, 6.07) is 66.7. The molecule has 5 aliphatic heterocycles.